The van der Waals surface area contributed by atoms with E-state index in [1.807, 2.05) is 44.2 Å². The van der Waals surface area contributed by atoms with E-state index in [2.05, 4.69) is 16.0 Å². The van der Waals surface area contributed by atoms with Gasteiger partial charge in [0.2, 0.25) is 29.5 Å². The molecule has 1 aromatic carbocycles. The summed E-state index contributed by atoms with van der Waals surface area (Å²) in [5, 5.41) is 7.84. The van der Waals surface area contributed by atoms with Crippen LogP contribution in [-0.4, -0.2) is 97.2 Å². The minimum Gasteiger partial charge on any atom is -0.346 e. The lowest BCUT2D eigenvalue weighted by Crippen LogP contribution is -2.63. The van der Waals surface area contributed by atoms with Crippen LogP contribution in [0, 0.1) is 11.3 Å². The van der Waals surface area contributed by atoms with E-state index in [0.29, 0.717) is 39.0 Å². The second kappa shape index (κ2) is 14.2. The highest BCUT2D eigenvalue weighted by atomic mass is 16.2. The highest BCUT2D eigenvalue weighted by Gasteiger charge is 2.47. The van der Waals surface area contributed by atoms with Crippen molar-refractivity contribution in [3.63, 3.8) is 0 Å². The van der Waals surface area contributed by atoms with Crippen LogP contribution in [0.3, 0.4) is 0 Å². The van der Waals surface area contributed by atoms with Crippen LogP contribution < -0.4 is 27.4 Å². The Morgan fingerprint density at radius 2 is 1.52 bits per heavy atom. The summed E-state index contributed by atoms with van der Waals surface area (Å²) in [7, 11) is 0. The van der Waals surface area contributed by atoms with Crippen LogP contribution in [-0.2, 0) is 30.4 Å². The topological polar surface area (TPSA) is 180 Å². The van der Waals surface area contributed by atoms with E-state index in [1.54, 1.807) is 9.80 Å². The van der Waals surface area contributed by atoms with E-state index in [4.69, 9.17) is 11.5 Å². The number of nitrogens with two attached hydrogens (primary N) is 2. The van der Waals surface area contributed by atoms with Crippen molar-refractivity contribution in [2.24, 2.45) is 22.8 Å². The molecule has 12 nitrogen and oxygen atoms in total. The van der Waals surface area contributed by atoms with Crippen molar-refractivity contribution in [3.05, 3.63) is 35.9 Å². The molecule has 2 heterocycles. The number of benzene rings is 1. The number of piperidine rings is 1. The number of amides is 5. The molecule has 0 aromatic heterocycles. The molecule has 2 fully saturated rings. The van der Waals surface area contributed by atoms with Gasteiger partial charge in [0.1, 0.15) is 6.04 Å². The first-order chi connectivity index (χ1) is 19.0. The Kier molecular flexibility index (Phi) is 11.0. The van der Waals surface area contributed by atoms with Crippen molar-refractivity contribution in [3.8, 4) is 0 Å². The standard InChI is InChI=1S/C28H43N7O5/c1-19(2)12-22(33-23(36)15-31-26(39)21(30)13-20-6-4-3-5-7-20)27(40)32-16-25(38)35-17-28(18-35)8-10-34(11-9-28)24(37)14-29/h3-7,19,21-22H,8-18,29-30H2,1-2H3,(H,31,39)(H,32,40)(H,33,36)/t21-,22-/m1/s1. The van der Waals surface area contributed by atoms with Gasteiger partial charge in [0.05, 0.1) is 25.7 Å². The van der Waals surface area contributed by atoms with Crippen LogP contribution in [0.25, 0.3) is 0 Å². The summed E-state index contributed by atoms with van der Waals surface area (Å²) in [6, 6.07) is 7.68. The van der Waals surface area contributed by atoms with Crippen LogP contribution in [0.2, 0.25) is 0 Å². The molecule has 0 unspecified atom stereocenters. The maximum absolute atomic E-state index is 12.9. The molecule has 2 atom stereocenters. The normalized spacial score (nSPS) is 17.5. The SMILES string of the molecule is CC(C)C[C@@H](NC(=O)CNC(=O)[C@H](N)Cc1ccccc1)C(=O)NCC(=O)N1CC2(CCN(C(=O)CN)CC2)C1. The van der Waals surface area contributed by atoms with Crippen LogP contribution in [0.4, 0.5) is 0 Å². The fraction of sp³-hybridized carbons (Fsp3) is 0.607. The Morgan fingerprint density at radius 3 is 2.12 bits per heavy atom. The van der Waals surface area contributed by atoms with Gasteiger partial charge in [-0.2, -0.15) is 0 Å². The van der Waals surface area contributed by atoms with Gasteiger partial charge >= 0.3 is 0 Å². The Hall–Kier alpha value is -3.51. The average molecular weight is 558 g/mol. The van der Waals surface area contributed by atoms with Gasteiger partial charge in [-0.25, -0.2) is 0 Å². The number of hydrogen-bond acceptors (Lipinski definition) is 7. The molecule has 3 rings (SSSR count). The number of carbonyl (C=O) groups excluding carboxylic acids is 5. The van der Waals surface area contributed by atoms with E-state index in [1.165, 1.54) is 0 Å². The predicted molar refractivity (Wildman–Crippen MR) is 149 cm³/mol. The predicted octanol–water partition coefficient (Wildman–Crippen LogP) is -1.27. The lowest BCUT2D eigenvalue weighted by molar-refractivity contribution is -0.149. The number of rotatable bonds is 12. The van der Waals surface area contributed by atoms with Crippen LogP contribution in [0.1, 0.15) is 38.7 Å². The molecule has 2 aliphatic rings. The van der Waals surface area contributed by atoms with E-state index in [9.17, 15) is 24.0 Å². The third kappa shape index (κ3) is 8.75. The third-order valence-corrected chi connectivity index (χ3v) is 7.59. The quantitative estimate of drug-likeness (QED) is 0.212. The molecule has 1 aromatic rings. The molecule has 220 valence electrons. The summed E-state index contributed by atoms with van der Waals surface area (Å²) in [5.41, 5.74) is 12.3. The van der Waals surface area contributed by atoms with Crippen molar-refractivity contribution < 1.29 is 24.0 Å². The molecule has 7 N–H and O–H groups in total. The first-order valence-corrected chi connectivity index (χ1v) is 13.9. The Labute approximate surface area is 235 Å². The summed E-state index contributed by atoms with van der Waals surface area (Å²) in [4.78, 5) is 65.7. The zero-order valence-corrected chi connectivity index (χ0v) is 23.5. The number of nitrogens with zero attached hydrogens (tertiary/aromatic N) is 2. The zero-order valence-electron chi connectivity index (χ0n) is 23.5. The van der Waals surface area contributed by atoms with Gasteiger partial charge in [0.15, 0.2) is 0 Å². The molecule has 40 heavy (non-hydrogen) atoms. The van der Waals surface area contributed by atoms with Gasteiger partial charge in [0.25, 0.3) is 0 Å². The summed E-state index contributed by atoms with van der Waals surface area (Å²) >= 11 is 0. The summed E-state index contributed by atoms with van der Waals surface area (Å²) in [5.74, 6) is -1.56. The summed E-state index contributed by atoms with van der Waals surface area (Å²) in [6.45, 7) is 5.87. The summed E-state index contributed by atoms with van der Waals surface area (Å²) < 4.78 is 0. The number of nitrogens with one attached hydrogen (secondary N) is 3. The van der Waals surface area contributed by atoms with E-state index >= 15 is 0 Å². The van der Waals surface area contributed by atoms with Crippen LogP contribution >= 0.6 is 0 Å². The minimum absolute atomic E-state index is 0.00707. The zero-order chi connectivity index (χ0) is 29.3. The molecule has 0 radical (unpaired) electrons. The lowest BCUT2D eigenvalue weighted by Gasteiger charge is -2.54. The van der Waals surface area contributed by atoms with Gasteiger partial charge in [0, 0.05) is 31.6 Å². The smallest absolute Gasteiger partial charge is 0.243 e. The lowest BCUT2D eigenvalue weighted by atomic mass is 9.72. The van der Waals surface area contributed by atoms with E-state index in [0.717, 1.165) is 18.4 Å². The molecular formula is C28H43N7O5. The largest absolute Gasteiger partial charge is 0.346 e. The van der Waals surface area contributed by atoms with Gasteiger partial charge in [-0.15, -0.1) is 0 Å². The van der Waals surface area contributed by atoms with Crippen molar-refractivity contribution in [1.29, 1.82) is 0 Å². The van der Waals surface area contributed by atoms with Crippen LogP contribution in [0.5, 0.6) is 0 Å². The fourth-order valence-corrected chi connectivity index (χ4v) is 5.22. The summed E-state index contributed by atoms with van der Waals surface area (Å²) in [6.07, 6.45) is 2.36. The molecular weight excluding hydrogens is 514 g/mol. The minimum atomic E-state index is -0.845. The van der Waals surface area contributed by atoms with Crippen molar-refractivity contribution in [2.45, 2.75) is 51.6 Å². The molecule has 0 bridgehead atoms. The monoisotopic (exact) mass is 557 g/mol. The molecule has 12 heteroatoms. The molecule has 2 aliphatic heterocycles. The highest BCUT2D eigenvalue weighted by molar-refractivity contribution is 5.92. The Balaban J connectivity index is 1.40. The molecule has 5 amide bonds. The van der Waals surface area contributed by atoms with Gasteiger partial charge in [-0.3, -0.25) is 24.0 Å². The molecule has 0 saturated carbocycles. The van der Waals surface area contributed by atoms with Gasteiger partial charge in [-0.05, 0) is 37.2 Å². The molecule has 2 saturated heterocycles. The first kappa shape index (κ1) is 31.0. The van der Waals surface area contributed by atoms with E-state index in [-0.39, 0.29) is 42.8 Å². The first-order valence-electron chi connectivity index (χ1n) is 13.9. The number of hydrogen-bond donors (Lipinski definition) is 5. The Bertz CT molecular complexity index is 1050. The maximum Gasteiger partial charge on any atom is 0.243 e. The van der Waals surface area contributed by atoms with Crippen molar-refractivity contribution in [1.82, 2.24) is 25.8 Å². The molecule has 1 spiro atoms. The Morgan fingerprint density at radius 1 is 0.900 bits per heavy atom. The van der Waals surface area contributed by atoms with E-state index < -0.39 is 29.8 Å². The second-order valence-electron chi connectivity index (χ2n) is 11.3. The highest BCUT2D eigenvalue weighted by Crippen LogP contribution is 2.40. The second-order valence-corrected chi connectivity index (χ2v) is 11.3. The third-order valence-electron chi connectivity index (χ3n) is 7.59. The van der Waals surface area contributed by atoms with Gasteiger partial charge < -0.3 is 37.2 Å². The maximum atomic E-state index is 12.9. The van der Waals surface area contributed by atoms with Crippen molar-refractivity contribution >= 4 is 29.5 Å². The number of likely N-dealkylation sites (tertiary alicyclic amines) is 2. The fourth-order valence-electron chi connectivity index (χ4n) is 5.22. The van der Waals surface area contributed by atoms with Crippen LogP contribution in [0.15, 0.2) is 30.3 Å². The average Bonchev–Trinajstić information content (AvgIpc) is 2.92. The molecule has 0 aliphatic carbocycles. The van der Waals surface area contributed by atoms with Gasteiger partial charge in [-0.1, -0.05) is 44.2 Å². The number of carbonyl (C=O) groups is 5. The van der Waals surface area contributed by atoms with Crippen molar-refractivity contribution in [2.75, 3.05) is 45.8 Å².